The molecule has 2 N–H and O–H groups in total. The number of aromatic nitrogens is 1. The first-order valence-electron chi connectivity index (χ1n) is 6.20. The van der Waals surface area contributed by atoms with E-state index in [1.165, 1.54) is 14.0 Å². The SMILES string of the molecule is COCCCNC(=O)CN(C)S(=O)(=O)c1sc(=O)[nH]c1C. The molecule has 0 aromatic carbocycles. The van der Waals surface area contributed by atoms with Gasteiger partial charge < -0.3 is 15.0 Å². The number of likely N-dealkylation sites (N-methyl/N-ethyl adjacent to an activating group) is 1. The maximum absolute atomic E-state index is 12.3. The van der Waals surface area contributed by atoms with Gasteiger partial charge in [-0.1, -0.05) is 11.3 Å². The number of ether oxygens (including phenoxy) is 1. The van der Waals surface area contributed by atoms with Crippen molar-refractivity contribution in [2.75, 3.05) is 33.9 Å². The minimum Gasteiger partial charge on any atom is -0.385 e. The molecule has 1 amide bonds. The number of nitrogens with zero attached hydrogens (tertiary/aromatic N) is 1. The van der Waals surface area contributed by atoms with Crippen molar-refractivity contribution in [1.29, 1.82) is 0 Å². The van der Waals surface area contributed by atoms with Crippen molar-refractivity contribution in [1.82, 2.24) is 14.6 Å². The molecule has 0 saturated carbocycles. The predicted molar refractivity (Wildman–Crippen MR) is 79.0 cm³/mol. The molecule has 0 radical (unpaired) electrons. The van der Waals surface area contributed by atoms with Gasteiger partial charge in [-0.25, -0.2) is 8.42 Å². The number of nitrogens with one attached hydrogen (secondary N) is 2. The Morgan fingerprint density at radius 2 is 2.14 bits per heavy atom. The lowest BCUT2D eigenvalue weighted by molar-refractivity contribution is -0.121. The topological polar surface area (TPSA) is 109 Å². The molecular formula is C11H19N3O5S2. The van der Waals surface area contributed by atoms with E-state index in [-0.39, 0.29) is 16.4 Å². The molecule has 1 heterocycles. The first kappa shape index (κ1) is 17.8. The van der Waals surface area contributed by atoms with Crippen LogP contribution >= 0.6 is 11.3 Å². The summed E-state index contributed by atoms with van der Waals surface area (Å²) in [6.45, 7) is 2.13. The zero-order valence-corrected chi connectivity index (χ0v) is 13.8. The van der Waals surface area contributed by atoms with Crippen LogP contribution in [0.25, 0.3) is 0 Å². The van der Waals surface area contributed by atoms with Gasteiger partial charge in [-0.2, -0.15) is 4.31 Å². The minimum atomic E-state index is -3.84. The number of aryl methyl sites for hydroxylation is 1. The molecule has 0 aliphatic heterocycles. The summed E-state index contributed by atoms with van der Waals surface area (Å²) >= 11 is 0.612. The van der Waals surface area contributed by atoms with E-state index in [4.69, 9.17) is 4.74 Å². The molecule has 120 valence electrons. The standard InChI is InChI=1S/C11H19N3O5S2/c1-8-10(20-11(16)13-8)21(17,18)14(2)7-9(15)12-5-4-6-19-3/h4-7H2,1-3H3,(H,12,15)(H,13,16). The zero-order chi connectivity index (χ0) is 16.0. The Kier molecular flexibility index (Phi) is 6.52. The highest BCUT2D eigenvalue weighted by Gasteiger charge is 2.27. The van der Waals surface area contributed by atoms with Gasteiger partial charge in [0.25, 0.3) is 10.0 Å². The molecule has 0 aliphatic carbocycles. The van der Waals surface area contributed by atoms with E-state index in [0.717, 1.165) is 4.31 Å². The number of aromatic amines is 1. The van der Waals surface area contributed by atoms with Crippen LogP contribution in [0.1, 0.15) is 12.1 Å². The highest BCUT2D eigenvalue weighted by molar-refractivity contribution is 7.91. The van der Waals surface area contributed by atoms with Crippen molar-refractivity contribution in [3.8, 4) is 0 Å². The molecule has 0 unspecified atom stereocenters. The summed E-state index contributed by atoms with van der Waals surface area (Å²) in [6.07, 6.45) is 0.650. The normalized spacial score (nSPS) is 11.8. The molecule has 10 heteroatoms. The van der Waals surface area contributed by atoms with Crippen LogP contribution in [-0.4, -0.2) is 57.5 Å². The number of hydrogen-bond acceptors (Lipinski definition) is 6. The van der Waals surface area contributed by atoms with Crippen LogP contribution in [-0.2, 0) is 19.6 Å². The molecule has 0 aliphatic rings. The van der Waals surface area contributed by atoms with Crippen LogP contribution in [0.5, 0.6) is 0 Å². The van der Waals surface area contributed by atoms with Gasteiger partial charge >= 0.3 is 4.87 Å². The quantitative estimate of drug-likeness (QED) is 0.623. The van der Waals surface area contributed by atoms with E-state index in [0.29, 0.717) is 30.9 Å². The Balaban J connectivity index is 2.66. The highest BCUT2D eigenvalue weighted by atomic mass is 32.2. The lowest BCUT2D eigenvalue weighted by atomic mass is 10.4. The van der Waals surface area contributed by atoms with Crippen LogP contribution in [0.2, 0.25) is 0 Å². The number of amides is 1. The van der Waals surface area contributed by atoms with Crippen molar-refractivity contribution >= 4 is 27.3 Å². The van der Waals surface area contributed by atoms with Crippen molar-refractivity contribution < 1.29 is 17.9 Å². The third-order valence-electron chi connectivity index (χ3n) is 2.64. The van der Waals surface area contributed by atoms with Gasteiger partial charge in [-0.3, -0.25) is 9.59 Å². The second kappa shape index (κ2) is 7.69. The van der Waals surface area contributed by atoms with Crippen molar-refractivity contribution in [2.24, 2.45) is 0 Å². The summed E-state index contributed by atoms with van der Waals surface area (Å²) in [4.78, 5) is 24.8. The Morgan fingerprint density at radius 1 is 1.48 bits per heavy atom. The number of carbonyl (C=O) groups excluding carboxylic acids is 1. The summed E-state index contributed by atoms with van der Waals surface area (Å²) in [5, 5.41) is 2.60. The average molecular weight is 337 g/mol. The van der Waals surface area contributed by atoms with E-state index in [1.807, 2.05) is 0 Å². The number of rotatable bonds is 8. The van der Waals surface area contributed by atoms with E-state index in [2.05, 4.69) is 10.3 Å². The summed E-state index contributed by atoms with van der Waals surface area (Å²) in [7, 11) is -0.982. The number of sulfonamides is 1. The zero-order valence-electron chi connectivity index (χ0n) is 12.1. The predicted octanol–water partition coefficient (Wildman–Crippen LogP) is -0.482. The average Bonchev–Trinajstić information content (AvgIpc) is 2.74. The van der Waals surface area contributed by atoms with E-state index in [1.54, 1.807) is 7.11 Å². The van der Waals surface area contributed by atoms with Gasteiger partial charge in [-0.15, -0.1) is 0 Å². The van der Waals surface area contributed by atoms with Gasteiger partial charge in [-0.05, 0) is 13.3 Å². The first-order chi connectivity index (χ1) is 9.78. The van der Waals surface area contributed by atoms with Gasteiger partial charge in [0, 0.05) is 33.0 Å². The Bertz CT molecular complexity index is 635. The Hall–Kier alpha value is -1.23. The molecule has 0 spiro atoms. The first-order valence-corrected chi connectivity index (χ1v) is 8.46. The highest BCUT2D eigenvalue weighted by Crippen LogP contribution is 2.19. The van der Waals surface area contributed by atoms with E-state index >= 15 is 0 Å². The second-order valence-corrected chi connectivity index (χ2v) is 7.61. The van der Waals surface area contributed by atoms with Crippen LogP contribution in [0, 0.1) is 6.92 Å². The number of hydrogen-bond donors (Lipinski definition) is 2. The minimum absolute atomic E-state index is 0.0674. The molecular weight excluding hydrogens is 318 g/mol. The lowest BCUT2D eigenvalue weighted by Gasteiger charge is -2.16. The number of carbonyl (C=O) groups is 1. The van der Waals surface area contributed by atoms with Gasteiger partial charge in [0.1, 0.15) is 0 Å². The molecule has 1 aromatic rings. The van der Waals surface area contributed by atoms with Crippen molar-refractivity contribution in [3.05, 3.63) is 15.4 Å². The number of H-pyrrole nitrogens is 1. The molecule has 21 heavy (non-hydrogen) atoms. The van der Waals surface area contributed by atoms with Crippen molar-refractivity contribution in [3.63, 3.8) is 0 Å². The molecule has 0 atom stereocenters. The van der Waals surface area contributed by atoms with Crippen LogP contribution in [0.3, 0.4) is 0 Å². The molecule has 0 fully saturated rings. The third-order valence-corrected chi connectivity index (χ3v) is 6.02. The van der Waals surface area contributed by atoms with E-state index in [9.17, 15) is 18.0 Å². The monoisotopic (exact) mass is 337 g/mol. The third kappa shape index (κ3) is 4.92. The maximum Gasteiger partial charge on any atom is 0.305 e. The summed E-state index contributed by atoms with van der Waals surface area (Å²) in [5.74, 6) is -0.405. The number of methoxy groups -OCH3 is 1. The van der Waals surface area contributed by atoms with Crippen LogP contribution < -0.4 is 10.2 Å². The smallest absolute Gasteiger partial charge is 0.305 e. The summed E-state index contributed by atoms with van der Waals surface area (Å²) < 4.78 is 30.2. The fourth-order valence-corrected chi connectivity index (χ4v) is 4.18. The molecule has 0 bridgehead atoms. The second-order valence-electron chi connectivity index (χ2n) is 4.38. The summed E-state index contributed by atoms with van der Waals surface area (Å²) in [5.41, 5.74) is 0.275. The van der Waals surface area contributed by atoms with Gasteiger partial charge in [0.2, 0.25) is 5.91 Å². The molecule has 8 nitrogen and oxygen atoms in total. The molecule has 1 rings (SSSR count). The largest absolute Gasteiger partial charge is 0.385 e. The van der Waals surface area contributed by atoms with E-state index < -0.39 is 20.8 Å². The number of thiazole rings is 1. The lowest BCUT2D eigenvalue weighted by Crippen LogP contribution is -2.38. The molecule has 0 saturated heterocycles. The maximum atomic E-state index is 12.3. The Morgan fingerprint density at radius 3 is 2.67 bits per heavy atom. The van der Waals surface area contributed by atoms with Crippen LogP contribution in [0.15, 0.2) is 9.00 Å². The Labute approximate surface area is 127 Å². The van der Waals surface area contributed by atoms with Crippen LogP contribution in [0.4, 0.5) is 0 Å². The fourth-order valence-electron chi connectivity index (χ4n) is 1.57. The van der Waals surface area contributed by atoms with Crippen molar-refractivity contribution in [2.45, 2.75) is 17.6 Å². The van der Waals surface area contributed by atoms with Gasteiger partial charge in [0.05, 0.1) is 6.54 Å². The summed E-state index contributed by atoms with van der Waals surface area (Å²) in [6, 6.07) is 0. The van der Waals surface area contributed by atoms with Gasteiger partial charge in [0.15, 0.2) is 4.21 Å². The molecule has 1 aromatic heterocycles. The fraction of sp³-hybridized carbons (Fsp3) is 0.636.